The highest BCUT2D eigenvalue weighted by Crippen LogP contribution is 2.40. The summed E-state index contributed by atoms with van der Waals surface area (Å²) in [5, 5.41) is 4.74. The van der Waals surface area contributed by atoms with Crippen molar-refractivity contribution in [3.05, 3.63) is 82.2 Å². The number of nitrogens with zero attached hydrogens (tertiary/aromatic N) is 2. The van der Waals surface area contributed by atoms with Crippen LogP contribution in [-0.2, 0) is 17.6 Å². The number of aromatic nitrogens is 2. The molecule has 0 saturated carbocycles. The standard InChI is InChI=1S/C26H26N4OS2/c1-16-12-13-19-20(14-16)33-25-22(19)24(27)29-26(30-25)32-15-21(31)28-23(17-8-4-2-5-9-17)18-10-6-3-7-11-18/h2-11,16,23H,12-15H2,1H3,(H,28,31)(H2,27,29,30)/t16-/m1/s1. The van der Waals surface area contributed by atoms with Gasteiger partial charge in [-0.3, -0.25) is 4.79 Å². The Balaban J connectivity index is 1.32. The third-order valence-corrected chi connectivity index (χ3v) is 8.06. The van der Waals surface area contributed by atoms with Gasteiger partial charge >= 0.3 is 0 Å². The summed E-state index contributed by atoms with van der Waals surface area (Å²) in [6.45, 7) is 2.29. The lowest BCUT2D eigenvalue weighted by molar-refractivity contribution is -0.119. The SMILES string of the molecule is C[C@@H]1CCc2c(sc3nc(SCC(=O)NC(c4ccccc4)c4ccccc4)nc(N)c23)C1. The molecule has 0 saturated heterocycles. The number of rotatable bonds is 6. The third kappa shape index (κ3) is 4.75. The first kappa shape index (κ1) is 21.9. The number of thioether (sulfide) groups is 1. The van der Waals surface area contributed by atoms with Gasteiger partial charge in [0, 0.05) is 4.88 Å². The molecular weight excluding hydrogens is 448 g/mol. The summed E-state index contributed by atoms with van der Waals surface area (Å²) in [6.07, 6.45) is 3.30. The lowest BCUT2D eigenvalue weighted by Crippen LogP contribution is -2.30. The van der Waals surface area contributed by atoms with Crippen LogP contribution >= 0.6 is 23.1 Å². The van der Waals surface area contributed by atoms with Crippen molar-refractivity contribution in [3.63, 3.8) is 0 Å². The fraction of sp³-hybridized carbons (Fsp3) is 0.269. The van der Waals surface area contributed by atoms with Crippen LogP contribution in [0.25, 0.3) is 10.2 Å². The van der Waals surface area contributed by atoms with E-state index in [-0.39, 0.29) is 17.7 Å². The number of carbonyl (C=O) groups is 1. The molecule has 0 fully saturated rings. The molecule has 33 heavy (non-hydrogen) atoms. The Morgan fingerprint density at radius 3 is 2.45 bits per heavy atom. The molecular formula is C26H26N4OS2. The van der Waals surface area contributed by atoms with Crippen LogP contribution < -0.4 is 11.1 Å². The maximum atomic E-state index is 12.9. The molecule has 3 N–H and O–H groups in total. The summed E-state index contributed by atoms with van der Waals surface area (Å²) in [5.41, 5.74) is 9.76. The molecule has 0 radical (unpaired) electrons. The van der Waals surface area contributed by atoms with Crippen LogP contribution in [0.5, 0.6) is 0 Å². The first-order valence-electron chi connectivity index (χ1n) is 11.2. The number of fused-ring (bicyclic) bond motifs is 3. The smallest absolute Gasteiger partial charge is 0.231 e. The maximum absolute atomic E-state index is 12.9. The molecule has 0 aliphatic heterocycles. The molecule has 0 bridgehead atoms. The fourth-order valence-electron chi connectivity index (χ4n) is 4.40. The van der Waals surface area contributed by atoms with Crippen molar-refractivity contribution >= 4 is 45.0 Å². The van der Waals surface area contributed by atoms with Gasteiger partial charge in [0.2, 0.25) is 5.91 Å². The number of anilines is 1. The lowest BCUT2D eigenvalue weighted by atomic mass is 9.89. The van der Waals surface area contributed by atoms with E-state index in [0.29, 0.717) is 16.9 Å². The van der Waals surface area contributed by atoms with Crippen molar-refractivity contribution in [2.75, 3.05) is 11.5 Å². The van der Waals surface area contributed by atoms with Gasteiger partial charge in [0.1, 0.15) is 10.6 Å². The minimum Gasteiger partial charge on any atom is -0.383 e. The van der Waals surface area contributed by atoms with Gasteiger partial charge in [-0.05, 0) is 41.9 Å². The Morgan fingerprint density at radius 2 is 1.79 bits per heavy atom. The number of carbonyl (C=O) groups excluding carboxylic acids is 1. The zero-order valence-electron chi connectivity index (χ0n) is 18.5. The van der Waals surface area contributed by atoms with Crippen LogP contribution in [0.2, 0.25) is 0 Å². The average Bonchev–Trinajstić information content (AvgIpc) is 3.20. The van der Waals surface area contributed by atoms with Crippen molar-refractivity contribution in [1.29, 1.82) is 0 Å². The normalized spacial score (nSPS) is 15.5. The number of thiophene rings is 1. The summed E-state index contributed by atoms with van der Waals surface area (Å²) >= 11 is 3.06. The molecule has 0 unspecified atom stereocenters. The second kappa shape index (κ2) is 9.53. The lowest BCUT2D eigenvalue weighted by Gasteiger charge is -2.19. The minimum absolute atomic E-state index is 0.0701. The van der Waals surface area contributed by atoms with E-state index in [0.717, 1.165) is 34.2 Å². The first-order chi connectivity index (χ1) is 16.1. The second-order valence-electron chi connectivity index (χ2n) is 8.53. The van der Waals surface area contributed by atoms with Gasteiger partial charge < -0.3 is 11.1 Å². The average molecular weight is 475 g/mol. The summed E-state index contributed by atoms with van der Waals surface area (Å²) in [4.78, 5) is 24.5. The van der Waals surface area contributed by atoms with Crippen LogP contribution in [0.4, 0.5) is 5.82 Å². The molecule has 168 valence electrons. The maximum Gasteiger partial charge on any atom is 0.231 e. The van der Waals surface area contributed by atoms with Crippen molar-refractivity contribution in [3.8, 4) is 0 Å². The monoisotopic (exact) mass is 474 g/mol. The Labute approximate surface area is 201 Å². The zero-order valence-corrected chi connectivity index (χ0v) is 20.1. The number of nitrogen functional groups attached to an aromatic ring is 1. The third-order valence-electron chi connectivity index (χ3n) is 6.07. The van der Waals surface area contributed by atoms with E-state index < -0.39 is 0 Å². The molecule has 7 heteroatoms. The molecule has 2 aromatic heterocycles. The highest BCUT2D eigenvalue weighted by atomic mass is 32.2. The van der Waals surface area contributed by atoms with E-state index in [4.69, 9.17) is 10.7 Å². The molecule has 1 aliphatic carbocycles. The number of nitrogens with one attached hydrogen (secondary N) is 1. The van der Waals surface area contributed by atoms with Gasteiger partial charge in [-0.25, -0.2) is 9.97 Å². The van der Waals surface area contributed by atoms with Gasteiger partial charge in [-0.1, -0.05) is 79.3 Å². The Hall–Kier alpha value is -2.90. The van der Waals surface area contributed by atoms with Crippen LogP contribution in [0, 0.1) is 5.92 Å². The first-order valence-corrected chi connectivity index (χ1v) is 13.0. The topological polar surface area (TPSA) is 80.9 Å². The second-order valence-corrected chi connectivity index (χ2v) is 10.6. The number of nitrogens with two attached hydrogens (primary N) is 1. The molecule has 2 aromatic carbocycles. The molecule has 1 atom stereocenters. The number of amides is 1. The van der Waals surface area contributed by atoms with Crippen LogP contribution in [0.15, 0.2) is 65.8 Å². The molecule has 1 amide bonds. The van der Waals surface area contributed by atoms with E-state index >= 15 is 0 Å². The van der Waals surface area contributed by atoms with Gasteiger partial charge in [-0.2, -0.15) is 0 Å². The van der Waals surface area contributed by atoms with Gasteiger partial charge in [0.05, 0.1) is 17.2 Å². The molecule has 1 aliphatic rings. The van der Waals surface area contributed by atoms with E-state index in [1.165, 1.54) is 28.6 Å². The Bertz CT molecular complexity index is 1230. The van der Waals surface area contributed by atoms with Crippen LogP contribution in [-0.4, -0.2) is 21.6 Å². The van der Waals surface area contributed by atoms with Gasteiger partial charge in [-0.15, -0.1) is 11.3 Å². The van der Waals surface area contributed by atoms with Crippen LogP contribution in [0.1, 0.15) is 41.0 Å². The summed E-state index contributed by atoms with van der Waals surface area (Å²) < 4.78 is 0. The number of hydrogen-bond donors (Lipinski definition) is 2. The summed E-state index contributed by atoms with van der Waals surface area (Å²) in [6, 6.07) is 19.8. The number of aryl methyl sites for hydroxylation is 1. The molecule has 5 nitrogen and oxygen atoms in total. The predicted octanol–water partition coefficient (Wildman–Crippen LogP) is 5.40. The molecule has 0 spiro atoms. The van der Waals surface area contributed by atoms with E-state index in [1.54, 1.807) is 11.3 Å². The quantitative estimate of drug-likeness (QED) is 0.289. The summed E-state index contributed by atoms with van der Waals surface area (Å²) in [7, 11) is 0. The van der Waals surface area contributed by atoms with Gasteiger partial charge in [0.15, 0.2) is 5.16 Å². The fourth-order valence-corrected chi connectivity index (χ4v) is 6.51. The summed E-state index contributed by atoms with van der Waals surface area (Å²) in [5.74, 6) is 1.38. The van der Waals surface area contributed by atoms with Crippen LogP contribution in [0.3, 0.4) is 0 Å². The predicted molar refractivity (Wildman–Crippen MR) is 137 cm³/mol. The Morgan fingerprint density at radius 1 is 1.12 bits per heavy atom. The molecule has 5 rings (SSSR count). The van der Waals surface area contributed by atoms with Crippen molar-refractivity contribution < 1.29 is 4.79 Å². The van der Waals surface area contributed by atoms with E-state index in [2.05, 4.69) is 17.2 Å². The van der Waals surface area contributed by atoms with E-state index in [1.807, 2.05) is 60.7 Å². The largest absolute Gasteiger partial charge is 0.383 e. The Kier molecular flexibility index (Phi) is 6.33. The minimum atomic E-state index is -0.208. The van der Waals surface area contributed by atoms with Crippen molar-refractivity contribution in [2.24, 2.45) is 5.92 Å². The zero-order chi connectivity index (χ0) is 22.8. The van der Waals surface area contributed by atoms with Crippen molar-refractivity contribution in [1.82, 2.24) is 15.3 Å². The molecule has 2 heterocycles. The van der Waals surface area contributed by atoms with E-state index in [9.17, 15) is 4.79 Å². The highest BCUT2D eigenvalue weighted by molar-refractivity contribution is 7.99. The van der Waals surface area contributed by atoms with Crippen molar-refractivity contribution in [2.45, 2.75) is 37.4 Å². The highest BCUT2D eigenvalue weighted by Gasteiger charge is 2.23. The number of hydrogen-bond acceptors (Lipinski definition) is 6. The van der Waals surface area contributed by atoms with Gasteiger partial charge in [0.25, 0.3) is 0 Å². The number of benzene rings is 2. The molecule has 4 aromatic rings.